The minimum atomic E-state index is -1.21. The fourth-order valence-corrected chi connectivity index (χ4v) is 3.56. The largest absolute Gasteiger partial charge is 0.478 e. The molecule has 2 heterocycles. The number of nitrogens with one attached hydrogen (secondary N) is 1. The number of aromatic nitrogens is 2. The zero-order valence-corrected chi connectivity index (χ0v) is 16.4. The van der Waals surface area contributed by atoms with Crippen LogP contribution in [0, 0.1) is 0 Å². The monoisotopic (exact) mass is 421 g/mol. The molecule has 1 aromatic heterocycles. The molecule has 0 saturated carbocycles. The highest BCUT2D eigenvalue weighted by molar-refractivity contribution is 6.30. The van der Waals surface area contributed by atoms with Gasteiger partial charge in [-0.25, -0.2) is 9.78 Å². The van der Waals surface area contributed by atoms with Gasteiger partial charge < -0.3 is 10.4 Å². The van der Waals surface area contributed by atoms with Crippen LogP contribution < -0.4 is 10.9 Å². The molecular weight excluding hydrogens is 406 g/mol. The SMILES string of the molecule is O=C(O)/C=C/C(=O)Nc1ccc2c(=O)n3c(nc2c1)/C(=C/c1cccc(Cl)c1)CC3. The van der Waals surface area contributed by atoms with Crippen molar-refractivity contribution < 1.29 is 14.7 Å². The van der Waals surface area contributed by atoms with Crippen LogP contribution in [0.25, 0.3) is 22.6 Å². The fourth-order valence-electron chi connectivity index (χ4n) is 3.36. The van der Waals surface area contributed by atoms with E-state index >= 15 is 0 Å². The first kappa shape index (κ1) is 19.6. The molecule has 2 aromatic carbocycles. The summed E-state index contributed by atoms with van der Waals surface area (Å²) < 4.78 is 1.65. The third-order valence-corrected chi connectivity index (χ3v) is 4.92. The second-order valence-corrected chi connectivity index (χ2v) is 7.20. The topological polar surface area (TPSA) is 101 Å². The Morgan fingerprint density at radius 1 is 1.17 bits per heavy atom. The number of carboxylic acids is 1. The lowest BCUT2D eigenvalue weighted by Crippen LogP contribution is -2.21. The maximum absolute atomic E-state index is 12.9. The van der Waals surface area contributed by atoms with E-state index in [-0.39, 0.29) is 5.56 Å². The van der Waals surface area contributed by atoms with Crippen LogP contribution in [0.2, 0.25) is 5.02 Å². The molecule has 0 radical (unpaired) electrons. The number of carbonyl (C=O) groups excluding carboxylic acids is 1. The maximum atomic E-state index is 12.9. The maximum Gasteiger partial charge on any atom is 0.328 e. The average Bonchev–Trinajstić information content (AvgIpc) is 3.09. The molecule has 0 unspecified atom stereocenters. The van der Waals surface area contributed by atoms with Crippen LogP contribution in [0.1, 0.15) is 17.8 Å². The molecule has 1 aliphatic heterocycles. The number of hydrogen-bond donors (Lipinski definition) is 2. The van der Waals surface area contributed by atoms with Crippen LogP contribution >= 0.6 is 11.6 Å². The van der Waals surface area contributed by atoms with Gasteiger partial charge in [0.15, 0.2) is 0 Å². The number of hydrogen-bond acceptors (Lipinski definition) is 4. The van der Waals surface area contributed by atoms with Crippen molar-refractivity contribution in [3.05, 3.63) is 81.4 Å². The third-order valence-electron chi connectivity index (χ3n) is 4.68. The Labute approximate surface area is 175 Å². The van der Waals surface area contributed by atoms with Crippen LogP contribution in [-0.4, -0.2) is 26.5 Å². The number of nitrogens with zero attached hydrogens (tertiary/aromatic N) is 2. The summed E-state index contributed by atoms with van der Waals surface area (Å²) in [5.41, 5.74) is 2.57. The van der Waals surface area contributed by atoms with Gasteiger partial charge in [0.2, 0.25) is 5.91 Å². The van der Waals surface area contributed by atoms with E-state index in [2.05, 4.69) is 10.3 Å². The number of halogens is 1. The van der Waals surface area contributed by atoms with Crippen molar-refractivity contribution >= 4 is 51.7 Å². The van der Waals surface area contributed by atoms with Gasteiger partial charge in [-0.15, -0.1) is 0 Å². The van der Waals surface area contributed by atoms with Crippen LogP contribution in [0.5, 0.6) is 0 Å². The van der Waals surface area contributed by atoms with Crippen molar-refractivity contribution in [2.24, 2.45) is 0 Å². The summed E-state index contributed by atoms with van der Waals surface area (Å²) >= 11 is 6.06. The summed E-state index contributed by atoms with van der Waals surface area (Å²) in [7, 11) is 0. The molecule has 150 valence electrons. The molecule has 0 fully saturated rings. The van der Waals surface area contributed by atoms with Gasteiger partial charge in [0, 0.05) is 29.4 Å². The lowest BCUT2D eigenvalue weighted by atomic mass is 10.1. The number of carboxylic acid groups (broad SMARTS) is 1. The molecular formula is C22H16ClN3O4. The summed E-state index contributed by atoms with van der Waals surface area (Å²) in [6, 6.07) is 12.2. The van der Waals surface area contributed by atoms with Crippen LogP contribution in [0.3, 0.4) is 0 Å². The van der Waals surface area contributed by atoms with E-state index < -0.39 is 11.9 Å². The predicted molar refractivity (Wildman–Crippen MR) is 115 cm³/mol. The van der Waals surface area contributed by atoms with Crippen LogP contribution in [-0.2, 0) is 16.1 Å². The Bertz CT molecular complexity index is 1310. The quantitative estimate of drug-likeness (QED) is 0.627. The van der Waals surface area contributed by atoms with Gasteiger partial charge in [-0.2, -0.15) is 0 Å². The summed E-state index contributed by atoms with van der Waals surface area (Å²) in [5.74, 6) is -1.22. The van der Waals surface area contributed by atoms with E-state index in [0.29, 0.717) is 40.4 Å². The molecule has 8 heteroatoms. The third kappa shape index (κ3) is 4.01. The Kier molecular flexibility index (Phi) is 5.20. The van der Waals surface area contributed by atoms with Gasteiger partial charge in [-0.1, -0.05) is 23.7 Å². The normalized spacial score (nSPS) is 14.4. The number of allylic oxidation sites excluding steroid dienone is 1. The van der Waals surface area contributed by atoms with Gasteiger partial charge >= 0.3 is 5.97 Å². The van der Waals surface area contributed by atoms with Gasteiger partial charge in [-0.3, -0.25) is 14.2 Å². The molecule has 7 nitrogen and oxygen atoms in total. The van der Waals surface area contributed by atoms with Crippen molar-refractivity contribution in [1.82, 2.24) is 9.55 Å². The number of rotatable bonds is 4. The highest BCUT2D eigenvalue weighted by Crippen LogP contribution is 2.28. The van der Waals surface area contributed by atoms with E-state index in [0.717, 1.165) is 23.3 Å². The Morgan fingerprint density at radius 2 is 2.00 bits per heavy atom. The van der Waals surface area contributed by atoms with Gasteiger partial charge in [0.05, 0.1) is 10.9 Å². The Morgan fingerprint density at radius 3 is 2.77 bits per heavy atom. The van der Waals surface area contributed by atoms with Crippen molar-refractivity contribution in [3.8, 4) is 0 Å². The molecule has 0 saturated heterocycles. The van der Waals surface area contributed by atoms with Gasteiger partial charge in [0.25, 0.3) is 5.56 Å². The lowest BCUT2D eigenvalue weighted by Gasteiger charge is -2.08. The molecule has 30 heavy (non-hydrogen) atoms. The summed E-state index contributed by atoms with van der Waals surface area (Å²) in [4.78, 5) is 39.9. The fraction of sp³-hybridized carbons (Fsp3) is 0.0909. The number of amides is 1. The van der Waals surface area contributed by atoms with E-state index in [1.54, 1.807) is 28.8 Å². The first-order valence-electron chi connectivity index (χ1n) is 9.14. The van der Waals surface area contributed by atoms with Crippen molar-refractivity contribution in [2.45, 2.75) is 13.0 Å². The van der Waals surface area contributed by atoms with Crippen LogP contribution in [0.15, 0.2) is 59.4 Å². The second-order valence-electron chi connectivity index (χ2n) is 6.76. The number of fused-ring (bicyclic) bond motifs is 2. The zero-order chi connectivity index (χ0) is 21.3. The summed E-state index contributed by atoms with van der Waals surface area (Å²) in [6.45, 7) is 0.544. The van der Waals surface area contributed by atoms with E-state index in [1.165, 1.54) is 0 Å². The summed E-state index contributed by atoms with van der Waals surface area (Å²) in [5, 5.41) is 12.3. The minimum Gasteiger partial charge on any atom is -0.478 e. The number of aliphatic carboxylic acids is 1. The number of anilines is 1. The first-order valence-corrected chi connectivity index (χ1v) is 9.51. The molecule has 1 aliphatic rings. The first-order chi connectivity index (χ1) is 14.4. The highest BCUT2D eigenvalue weighted by Gasteiger charge is 2.21. The van der Waals surface area contributed by atoms with Gasteiger partial charge in [0.1, 0.15) is 5.82 Å². The average molecular weight is 422 g/mol. The molecule has 0 bridgehead atoms. The van der Waals surface area contributed by atoms with Crippen molar-refractivity contribution in [1.29, 1.82) is 0 Å². The van der Waals surface area contributed by atoms with Crippen LogP contribution in [0.4, 0.5) is 5.69 Å². The molecule has 0 spiro atoms. The Balaban J connectivity index is 1.72. The lowest BCUT2D eigenvalue weighted by molar-refractivity contribution is -0.131. The predicted octanol–water partition coefficient (Wildman–Crippen LogP) is 3.57. The van der Waals surface area contributed by atoms with E-state index in [9.17, 15) is 14.4 Å². The Hall–Kier alpha value is -3.71. The smallest absolute Gasteiger partial charge is 0.328 e. The number of benzene rings is 2. The molecule has 2 N–H and O–H groups in total. The highest BCUT2D eigenvalue weighted by atomic mass is 35.5. The molecule has 1 amide bonds. The van der Waals surface area contributed by atoms with Crippen molar-refractivity contribution in [2.75, 3.05) is 5.32 Å². The number of carbonyl (C=O) groups is 2. The van der Waals surface area contributed by atoms with Crippen molar-refractivity contribution in [3.63, 3.8) is 0 Å². The zero-order valence-electron chi connectivity index (χ0n) is 15.6. The molecule has 0 aliphatic carbocycles. The second kappa shape index (κ2) is 7.96. The molecule has 0 atom stereocenters. The minimum absolute atomic E-state index is 0.145. The molecule has 4 rings (SSSR count). The van der Waals surface area contributed by atoms with E-state index in [4.69, 9.17) is 16.7 Å². The standard InChI is InChI=1S/C22H16ClN3O4/c23-15-3-1-2-13(11-15)10-14-8-9-26-21(14)25-18-12-16(4-5-17(18)22(26)30)24-19(27)6-7-20(28)29/h1-7,10-12H,8-9H2,(H,24,27)(H,28,29)/b7-6+,14-10+. The summed E-state index contributed by atoms with van der Waals surface area (Å²) in [6.07, 6.45) is 4.31. The van der Waals surface area contributed by atoms with E-state index in [1.807, 2.05) is 24.3 Å². The van der Waals surface area contributed by atoms with Gasteiger partial charge in [-0.05, 0) is 54.0 Å². The molecule has 3 aromatic rings.